The molecule has 6 rings (SSSR count). The van der Waals surface area contributed by atoms with Crippen molar-refractivity contribution in [2.75, 3.05) is 0 Å². The van der Waals surface area contributed by atoms with Crippen molar-refractivity contribution < 1.29 is 4.39 Å². The lowest BCUT2D eigenvalue weighted by Crippen LogP contribution is -1.86. The standard InChI is InChI=1S/C23H17FN8/c1-12-5-13(7-16(24)6-12)17-3-4-25-22-19(17)28-23(29-22)20-18-8-14(9-26-21(18)31-30-20)15-10-27-32(2)11-15/h3-11H,1-2H3,(H,25,28,29)(H,26,30,31). The quantitative estimate of drug-likeness (QED) is 0.438. The topological polar surface area (TPSA) is 101 Å². The molecule has 8 nitrogen and oxygen atoms in total. The highest BCUT2D eigenvalue weighted by Gasteiger charge is 2.17. The summed E-state index contributed by atoms with van der Waals surface area (Å²) in [4.78, 5) is 16.9. The second-order valence-electron chi connectivity index (χ2n) is 7.76. The molecule has 0 unspecified atom stereocenters. The van der Waals surface area contributed by atoms with Gasteiger partial charge in [0, 0.05) is 42.3 Å². The molecule has 0 spiro atoms. The number of benzene rings is 1. The molecule has 32 heavy (non-hydrogen) atoms. The van der Waals surface area contributed by atoms with Gasteiger partial charge in [-0.05, 0) is 42.3 Å². The minimum Gasteiger partial charge on any atom is -0.335 e. The molecule has 0 saturated carbocycles. The minimum atomic E-state index is -0.279. The Morgan fingerprint density at radius 1 is 0.969 bits per heavy atom. The van der Waals surface area contributed by atoms with Gasteiger partial charge in [-0.25, -0.2) is 19.3 Å². The van der Waals surface area contributed by atoms with Gasteiger partial charge in [0.05, 0.1) is 17.1 Å². The lowest BCUT2D eigenvalue weighted by atomic mass is 10.0. The Bertz CT molecular complexity index is 1600. The molecule has 0 aliphatic rings. The molecule has 2 N–H and O–H groups in total. The van der Waals surface area contributed by atoms with Crippen LogP contribution in [0.1, 0.15) is 5.56 Å². The number of nitrogens with one attached hydrogen (secondary N) is 2. The molecule has 0 atom stereocenters. The molecule has 156 valence electrons. The van der Waals surface area contributed by atoms with E-state index in [9.17, 15) is 4.39 Å². The Balaban J connectivity index is 1.51. The summed E-state index contributed by atoms with van der Waals surface area (Å²) in [6.07, 6.45) is 7.17. The summed E-state index contributed by atoms with van der Waals surface area (Å²) in [5.41, 5.74) is 6.89. The predicted molar refractivity (Wildman–Crippen MR) is 119 cm³/mol. The predicted octanol–water partition coefficient (Wildman–Crippen LogP) is 4.41. The average molecular weight is 424 g/mol. The van der Waals surface area contributed by atoms with E-state index in [1.165, 1.54) is 12.1 Å². The zero-order chi connectivity index (χ0) is 21.8. The van der Waals surface area contributed by atoms with E-state index in [4.69, 9.17) is 0 Å². The van der Waals surface area contributed by atoms with Crippen LogP contribution in [0.2, 0.25) is 0 Å². The van der Waals surface area contributed by atoms with Crippen LogP contribution in [0.25, 0.3) is 56.0 Å². The highest BCUT2D eigenvalue weighted by Crippen LogP contribution is 2.32. The third-order valence-corrected chi connectivity index (χ3v) is 5.43. The fraction of sp³-hybridized carbons (Fsp3) is 0.0870. The van der Waals surface area contributed by atoms with Crippen molar-refractivity contribution >= 4 is 22.2 Å². The second-order valence-corrected chi connectivity index (χ2v) is 7.76. The molecule has 5 heterocycles. The summed E-state index contributed by atoms with van der Waals surface area (Å²) in [6, 6.07) is 8.82. The van der Waals surface area contributed by atoms with E-state index in [2.05, 4.69) is 35.2 Å². The molecular formula is C23H17FN8. The molecule has 1 aromatic carbocycles. The van der Waals surface area contributed by atoms with Crippen molar-refractivity contribution in [2.24, 2.45) is 7.05 Å². The molecule has 0 fully saturated rings. The molecule has 0 aliphatic heterocycles. The fourth-order valence-corrected chi connectivity index (χ4v) is 3.97. The molecule has 6 aromatic rings. The Morgan fingerprint density at radius 2 is 1.88 bits per heavy atom. The van der Waals surface area contributed by atoms with Crippen LogP contribution in [0.3, 0.4) is 0 Å². The molecule has 0 saturated heterocycles. The Morgan fingerprint density at radius 3 is 2.69 bits per heavy atom. The first-order valence-corrected chi connectivity index (χ1v) is 10.0. The third-order valence-electron chi connectivity index (χ3n) is 5.43. The van der Waals surface area contributed by atoms with Crippen molar-refractivity contribution in [3.05, 3.63) is 66.5 Å². The van der Waals surface area contributed by atoms with Crippen LogP contribution in [0.4, 0.5) is 4.39 Å². The van der Waals surface area contributed by atoms with Crippen molar-refractivity contribution in [1.82, 2.24) is 39.9 Å². The molecule has 0 radical (unpaired) electrons. The number of H-pyrrole nitrogens is 2. The van der Waals surface area contributed by atoms with Gasteiger partial charge in [-0.3, -0.25) is 9.78 Å². The number of halogens is 1. The van der Waals surface area contributed by atoms with E-state index in [-0.39, 0.29) is 5.82 Å². The second kappa shape index (κ2) is 6.81. The molecule has 9 heteroatoms. The van der Waals surface area contributed by atoms with Gasteiger partial charge in [0.1, 0.15) is 11.5 Å². The number of hydrogen-bond acceptors (Lipinski definition) is 5. The maximum Gasteiger partial charge on any atom is 0.181 e. The number of nitrogens with zero attached hydrogens (tertiary/aromatic N) is 6. The van der Waals surface area contributed by atoms with E-state index < -0.39 is 0 Å². The molecular weight excluding hydrogens is 407 g/mol. The van der Waals surface area contributed by atoms with Crippen LogP contribution < -0.4 is 0 Å². The van der Waals surface area contributed by atoms with Crippen molar-refractivity contribution in [3.8, 4) is 33.8 Å². The van der Waals surface area contributed by atoms with Crippen LogP contribution in [-0.4, -0.2) is 39.9 Å². The normalized spacial score (nSPS) is 11.6. The van der Waals surface area contributed by atoms with Crippen LogP contribution in [0.15, 0.2) is 55.1 Å². The number of rotatable bonds is 3. The maximum absolute atomic E-state index is 14.0. The van der Waals surface area contributed by atoms with Crippen molar-refractivity contribution in [1.29, 1.82) is 0 Å². The monoisotopic (exact) mass is 424 g/mol. The fourth-order valence-electron chi connectivity index (χ4n) is 3.97. The first-order valence-electron chi connectivity index (χ1n) is 10.0. The maximum atomic E-state index is 14.0. The highest BCUT2D eigenvalue weighted by atomic mass is 19.1. The summed E-state index contributed by atoms with van der Waals surface area (Å²) in [7, 11) is 1.87. The Labute approximate surface area is 181 Å². The first-order chi connectivity index (χ1) is 15.5. The van der Waals surface area contributed by atoms with Crippen LogP contribution >= 0.6 is 0 Å². The van der Waals surface area contributed by atoms with Gasteiger partial charge in [-0.15, -0.1) is 0 Å². The number of aromatic amines is 2. The van der Waals surface area contributed by atoms with E-state index in [0.717, 1.165) is 38.7 Å². The summed E-state index contributed by atoms with van der Waals surface area (Å²) in [6.45, 7) is 1.87. The lowest BCUT2D eigenvalue weighted by Gasteiger charge is -2.04. The van der Waals surface area contributed by atoms with E-state index in [1.54, 1.807) is 23.3 Å². The minimum absolute atomic E-state index is 0.279. The lowest BCUT2D eigenvalue weighted by molar-refractivity contribution is 0.627. The van der Waals surface area contributed by atoms with E-state index in [0.29, 0.717) is 22.8 Å². The van der Waals surface area contributed by atoms with Gasteiger partial charge < -0.3 is 4.98 Å². The highest BCUT2D eigenvalue weighted by molar-refractivity contribution is 5.96. The molecule has 0 aliphatic carbocycles. The number of aryl methyl sites for hydroxylation is 2. The third kappa shape index (κ3) is 2.94. The van der Waals surface area contributed by atoms with Gasteiger partial charge >= 0.3 is 0 Å². The van der Waals surface area contributed by atoms with Crippen LogP contribution in [0, 0.1) is 12.7 Å². The van der Waals surface area contributed by atoms with Gasteiger partial charge in [0.2, 0.25) is 0 Å². The number of imidazole rings is 1. The van der Waals surface area contributed by atoms with Gasteiger partial charge in [-0.1, -0.05) is 6.07 Å². The first kappa shape index (κ1) is 18.4. The van der Waals surface area contributed by atoms with Crippen LogP contribution in [-0.2, 0) is 7.05 Å². The van der Waals surface area contributed by atoms with E-state index >= 15 is 0 Å². The SMILES string of the molecule is Cc1cc(F)cc(-c2ccnc3nc(-c4[nH]nc5ncc(-c6cnn(C)c6)cc45)[nH]c23)c1. The average Bonchev–Trinajstić information content (AvgIpc) is 3.49. The summed E-state index contributed by atoms with van der Waals surface area (Å²) < 4.78 is 15.8. The van der Waals surface area contributed by atoms with Gasteiger partial charge in [-0.2, -0.15) is 10.2 Å². The number of fused-ring (bicyclic) bond motifs is 2. The Hall–Kier alpha value is -4.40. The van der Waals surface area contributed by atoms with E-state index in [1.807, 2.05) is 38.4 Å². The summed E-state index contributed by atoms with van der Waals surface area (Å²) >= 11 is 0. The molecule has 5 aromatic heterocycles. The van der Waals surface area contributed by atoms with Gasteiger partial charge in [0.15, 0.2) is 17.1 Å². The van der Waals surface area contributed by atoms with Crippen molar-refractivity contribution in [3.63, 3.8) is 0 Å². The zero-order valence-corrected chi connectivity index (χ0v) is 17.3. The van der Waals surface area contributed by atoms with Gasteiger partial charge in [0.25, 0.3) is 0 Å². The molecule has 0 bridgehead atoms. The van der Waals surface area contributed by atoms with Crippen LogP contribution in [0.5, 0.6) is 0 Å². The zero-order valence-electron chi connectivity index (χ0n) is 17.3. The number of pyridine rings is 2. The Kier molecular flexibility index (Phi) is 3.91. The smallest absolute Gasteiger partial charge is 0.181 e. The summed E-state index contributed by atoms with van der Waals surface area (Å²) in [5.74, 6) is 0.305. The largest absolute Gasteiger partial charge is 0.335 e. The summed E-state index contributed by atoms with van der Waals surface area (Å²) in [5, 5.41) is 12.4. The number of aromatic nitrogens is 8. The molecule has 0 amide bonds. The van der Waals surface area contributed by atoms with Crippen molar-refractivity contribution in [2.45, 2.75) is 6.92 Å². The number of hydrogen-bond donors (Lipinski definition) is 2.